The van der Waals surface area contributed by atoms with Crippen molar-refractivity contribution in [2.45, 2.75) is 6.61 Å². The fourth-order valence-electron chi connectivity index (χ4n) is 1.11. The van der Waals surface area contributed by atoms with Crippen LogP contribution in [0.5, 0.6) is 0 Å². The molecule has 0 atom stereocenters. The highest BCUT2D eigenvalue weighted by Gasteiger charge is 1.95. The summed E-state index contributed by atoms with van der Waals surface area (Å²) in [6.07, 6.45) is 3.37. The van der Waals surface area contributed by atoms with Gasteiger partial charge in [-0.3, -0.25) is 0 Å². The van der Waals surface area contributed by atoms with E-state index in [9.17, 15) is 0 Å². The lowest BCUT2D eigenvalue weighted by atomic mass is 10.1. The van der Waals surface area contributed by atoms with Crippen LogP contribution in [0.4, 0.5) is 0 Å². The number of hydrogen-bond acceptors (Lipinski definition) is 2. The zero-order valence-electron chi connectivity index (χ0n) is 5.95. The van der Waals surface area contributed by atoms with Gasteiger partial charge in [0.25, 0.3) is 0 Å². The fourth-order valence-corrected chi connectivity index (χ4v) is 1.11. The van der Waals surface area contributed by atoms with E-state index in [0.717, 1.165) is 16.3 Å². The Bertz CT molecular complexity index is 362. The molecule has 0 saturated heterocycles. The first kappa shape index (κ1) is 6.43. The summed E-state index contributed by atoms with van der Waals surface area (Å²) in [6, 6.07) is 5.74. The van der Waals surface area contributed by atoms with E-state index in [0.29, 0.717) is 0 Å². The van der Waals surface area contributed by atoms with E-state index >= 15 is 0 Å². The molecule has 2 heteroatoms. The SMILES string of the molecule is OCc1ccc2cocc2c1. The van der Waals surface area contributed by atoms with Crippen molar-refractivity contribution in [3.63, 3.8) is 0 Å². The van der Waals surface area contributed by atoms with Gasteiger partial charge >= 0.3 is 0 Å². The molecule has 1 N–H and O–H groups in total. The van der Waals surface area contributed by atoms with Gasteiger partial charge in [0.1, 0.15) is 0 Å². The summed E-state index contributed by atoms with van der Waals surface area (Å²) < 4.78 is 4.98. The Hall–Kier alpha value is -1.28. The maximum Gasteiger partial charge on any atom is 0.0981 e. The molecule has 0 bridgehead atoms. The molecule has 1 heterocycles. The Balaban J connectivity index is 2.67. The Morgan fingerprint density at radius 3 is 2.82 bits per heavy atom. The second-order valence-corrected chi connectivity index (χ2v) is 2.49. The highest BCUT2D eigenvalue weighted by atomic mass is 16.3. The molecule has 0 fully saturated rings. The maximum absolute atomic E-state index is 8.80. The average molecular weight is 148 g/mol. The first-order valence-electron chi connectivity index (χ1n) is 3.46. The summed E-state index contributed by atoms with van der Waals surface area (Å²) in [6.45, 7) is 0.0844. The highest BCUT2D eigenvalue weighted by Crippen LogP contribution is 2.16. The normalized spacial score (nSPS) is 10.6. The van der Waals surface area contributed by atoms with Crippen LogP contribution in [-0.4, -0.2) is 5.11 Å². The van der Waals surface area contributed by atoms with Crippen molar-refractivity contribution in [2.75, 3.05) is 0 Å². The van der Waals surface area contributed by atoms with Crippen molar-refractivity contribution >= 4 is 10.8 Å². The van der Waals surface area contributed by atoms with Crippen molar-refractivity contribution < 1.29 is 9.52 Å². The van der Waals surface area contributed by atoms with Crippen LogP contribution >= 0.6 is 0 Å². The van der Waals surface area contributed by atoms with Crippen LogP contribution in [0, 0.1) is 0 Å². The minimum atomic E-state index is 0.0844. The van der Waals surface area contributed by atoms with Crippen molar-refractivity contribution in [1.29, 1.82) is 0 Å². The Morgan fingerprint density at radius 2 is 2.00 bits per heavy atom. The molecule has 2 rings (SSSR count). The third-order valence-corrected chi connectivity index (χ3v) is 1.72. The zero-order valence-corrected chi connectivity index (χ0v) is 5.95. The smallest absolute Gasteiger partial charge is 0.0981 e. The van der Waals surface area contributed by atoms with Crippen LogP contribution in [0.3, 0.4) is 0 Å². The molecule has 56 valence electrons. The van der Waals surface area contributed by atoms with Crippen LogP contribution in [-0.2, 0) is 6.61 Å². The number of benzene rings is 1. The molecule has 0 aliphatic heterocycles. The van der Waals surface area contributed by atoms with Crippen LogP contribution in [0.1, 0.15) is 5.56 Å². The first-order valence-corrected chi connectivity index (χ1v) is 3.46. The second kappa shape index (κ2) is 2.40. The highest BCUT2D eigenvalue weighted by molar-refractivity contribution is 5.81. The number of hydrogen-bond donors (Lipinski definition) is 1. The molecule has 0 unspecified atom stereocenters. The van der Waals surface area contributed by atoms with Gasteiger partial charge in [0, 0.05) is 10.8 Å². The molecule has 2 nitrogen and oxygen atoms in total. The quantitative estimate of drug-likeness (QED) is 0.670. The van der Waals surface area contributed by atoms with E-state index in [1.54, 1.807) is 12.5 Å². The fraction of sp³-hybridized carbons (Fsp3) is 0.111. The molecule has 0 amide bonds. The number of rotatable bonds is 1. The lowest BCUT2D eigenvalue weighted by Crippen LogP contribution is -1.79. The van der Waals surface area contributed by atoms with Crippen LogP contribution in [0.2, 0.25) is 0 Å². The van der Waals surface area contributed by atoms with Crippen LogP contribution in [0.25, 0.3) is 10.8 Å². The summed E-state index contributed by atoms with van der Waals surface area (Å²) in [5, 5.41) is 10.9. The van der Waals surface area contributed by atoms with Crippen molar-refractivity contribution in [3.8, 4) is 0 Å². The maximum atomic E-state index is 8.80. The molecule has 0 spiro atoms. The molecule has 2 aromatic rings. The van der Waals surface area contributed by atoms with Crippen molar-refractivity contribution in [3.05, 3.63) is 36.3 Å². The van der Waals surface area contributed by atoms with Gasteiger partial charge in [0.2, 0.25) is 0 Å². The minimum absolute atomic E-state index is 0.0844. The predicted molar refractivity (Wildman–Crippen MR) is 42.1 cm³/mol. The topological polar surface area (TPSA) is 33.4 Å². The molecule has 0 saturated carbocycles. The number of aliphatic hydroxyl groups excluding tert-OH is 1. The molecule has 11 heavy (non-hydrogen) atoms. The van der Waals surface area contributed by atoms with E-state index in [4.69, 9.17) is 9.52 Å². The van der Waals surface area contributed by atoms with Gasteiger partial charge in [-0.15, -0.1) is 0 Å². The lowest BCUT2D eigenvalue weighted by Gasteiger charge is -1.93. The lowest BCUT2D eigenvalue weighted by molar-refractivity contribution is 0.282. The van der Waals surface area contributed by atoms with Crippen molar-refractivity contribution in [2.24, 2.45) is 0 Å². The van der Waals surface area contributed by atoms with Gasteiger partial charge < -0.3 is 9.52 Å². The van der Waals surface area contributed by atoms with Gasteiger partial charge in [-0.05, 0) is 11.6 Å². The van der Waals surface area contributed by atoms with Crippen LogP contribution < -0.4 is 0 Å². The number of fused-ring (bicyclic) bond motifs is 1. The second-order valence-electron chi connectivity index (χ2n) is 2.49. The Morgan fingerprint density at radius 1 is 1.18 bits per heavy atom. The third-order valence-electron chi connectivity index (χ3n) is 1.72. The van der Waals surface area contributed by atoms with Gasteiger partial charge in [-0.2, -0.15) is 0 Å². The number of aliphatic hydroxyl groups is 1. The van der Waals surface area contributed by atoms with E-state index in [1.165, 1.54) is 0 Å². The summed E-state index contributed by atoms with van der Waals surface area (Å²) in [5.74, 6) is 0. The molecule has 1 aromatic heterocycles. The van der Waals surface area contributed by atoms with Gasteiger partial charge in [-0.25, -0.2) is 0 Å². The zero-order chi connectivity index (χ0) is 7.68. The van der Waals surface area contributed by atoms with E-state index < -0.39 is 0 Å². The molecule has 0 aliphatic rings. The summed E-state index contributed by atoms with van der Waals surface area (Å²) in [7, 11) is 0. The molecular weight excluding hydrogens is 140 g/mol. The van der Waals surface area contributed by atoms with Gasteiger partial charge in [-0.1, -0.05) is 12.1 Å². The largest absolute Gasteiger partial charge is 0.471 e. The Kier molecular flexibility index (Phi) is 1.40. The van der Waals surface area contributed by atoms with E-state index in [2.05, 4.69) is 0 Å². The first-order chi connectivity index (χ1) is 5.40. The Labute approximate surface area is 64.1 Å². The van der Waals surface area contributed by atoms with Crippen molar-refractivity contribution in [1.82, 2.24) is 0 Å². The summed E-state index contributed by atoms with van der Waals surface area (Å²) in [4.78, 5) is 0. The van der Waals surface area contributed by atoms with E-state index in [1.807, 2.05) is 18.2 Å². The molecule has 1 aromatic carbocycles. The van der Waals surface area contributed by atoms with E-state index in [-0.39, 0.29) is 6.61 Å². The summed E-state index contributed by atoms with van der Waals surface area (Å²) in [5.41, 5.74) is 0.916. The minimum Gasteiger partial charge on any atom is -0.471 e. The van der Waals surface area contributed by atoms with Gasteiger partial charge in [0.05, 0.1) is 19.1 Å². The average Bonchev–Trinajstić information content (AvgIpc) is 2.50. The van der Waals surface area contributed by atoms with Gasteiger partial charge in [0.15, 0.2) is 0 Å². The third kappa shape index (κ3) is 1.01. The molecular formula is C9H8O2. The molecule has 0 aliphatic carbocycles. The number of furan rings is 1. The molecule has 0 radical (unpaired) electrons. The van der Waals surface area contributed by atoms with Crippen LogP contribution in [0.15, 0.2) is 35.1 Å². The summed E-state index contributed by atoms with van der Waals surface area (Å²) >= 11 is 0. The predicted octanol–water partition coefficient (Wildman–Crippen LogP) is 1.93. The standard InChI is InChI=1S/C9H8O2/c10-4-7-1-2-8-5-11-6-9(8)3-7/h1-3,5-6,10H,4H2. The monoisotopic (exact) mass is 148 g/mol.